The van der Waals surface area contributed by atoms with Gasteiger partial charge in [-0.05, 0) is 36.5 Å². The molecule has 0 bridgehead atoms. The molecule has 1 aromatic rings. The van der Waals surface area contributed by atoms with Gasteiger partial charge in [-0.15, -0.1) is 0 Å². The first kappa shape index (κ1) is 14.7. The first-order chi connectivity index (χ1) is 9.20. The second-order valence-corrected chi connectivity index (χ2v) is 5.89. The van der Waals surface area contributed by atoms with Crippen LogP contribution in [-0.4, -0.2) is 12.2 Å². The van der Waals surface area contributed by atoms with Gasteiger partial charge >= 0.3 is 0 Å². The fourth-order valence-electron chi connectivity index (χ4n) is 2.93. The van der Waals surface area contributed by atoms with Crippen molar-refractivity contribution in [2.45, 2.75) is 51.0 Å². The fraction of sp³-hybridized carbons (Fsp3) is 0.625. The second kappa shape index (κ2) is 7.16. The number of hydrogen-bond donors (Lipinski definition) is 1. The van der Waals surface area contributed by atoms with E-state index in [0.29, 0.717) is 5.02 Å². The van der Waals surface area contributed by atoms with E-state index in [0.717, 1.165) is 30.1 Å². The Kier molecular flexibility index (Phi) is 5.53. The molecule has 0 amide bonds. The summed E-state index contributed by atoms with van der Waals surface area (Å²) in [6.07, 6.45) is 8.17. The van der Waals surface area contributed by atoms with E-state index >= 15 is 0 Å². The molecule has 1 saturated carbocycles. The Morgan fingerprint density at radius 2 is 2.05 bits per heavy atom. The summed E-state index contributed by atoms with van der Waals surface area (Å²) in [6.45, 7) is 0. The van der Waals surface area contributed by atoms with Crippen LogP contribution in [0.4, 0.5) is 0 Å². The summed E-state index contributed by atoms with van der Waals surface area (Å²) >= 11 is 6.18. The summed E-state index contributed by atoms with van der Waals surface area (Å²) in [6, 6.07) is 5.48. The van der Waals surface area contributed by atoms with Crippen LogP contribution < -0.4 is 4.74 Å². The van der Waals surface area contributed by atoms with Gasteiger partial charge in [0.05, 0.1) is 18.2 Å². The molecular weight excluding hydrogens is 260 g/mol. The third-order valence-electron chi connectivity index (χ3n) is 4.14. The molecule has 1 N–H and O–H groups in total. The maximum atomic E-state index is 10.3. The zero-order chi connectivity index (χ0) is 13.7. The van der Waals surface area contributed by atoms with E-state index in [1.54, 1.807) is 13.2 Å². The van der Waals surface area contributed by atoms with Gasteiger partial charge in [-0.1, -0.05) is 49.8 Å². The van der Waals surface area contributed by atoms with Crippen LogP contribution in [0.25, 0.3) is 0 Å². The van der Waals surface area contributed by atoms with Crippen molar-refractivity contribution >= 4 is 11.6 Å². The highest BCUT2D eigenvalue weighted by molar-refractivity contribution is 6.31. The molecule has 0 aromatic heterocycles. The van der Waals surface area contributed by atoms with Crippen molar-refractivity contribution < 1.29 is 9.84 Å². The van der Waals surface area contributed by atoms with E-state index in [9.17, 15) is 5.11 Å². The first-order valence-electron chi connectivity index (χ1n) is 7.22. The van der Waals surface area contributed by atoms with Gasteiger partial charge < -0.3 is 9.84 Å². The van der Waals surface area contributed by atoms with Crippen LogP contribution in [0, 0.1) is 5.92 Å². The lowest BCUT2D eigenvalue weighted by atomic mass is 9.85. The number of methoxy groups -OCH3 is 1. The predicted molar refractivity (Wildman–Crippen MR) is 78.8 cm³/mol. The third kappa shape index (κ3) is 4.12. The van der Waals surface area contributed by atoms with Gasteiger partial charge in [0, 0.05) is 0 Å². The molecule has 1 atom stereocenters. The Morgan fingerprint density at radius 1 is 1.32 bits per heavy atom. The van der Waals surface area contributed by atoms with E-state index in [1.165, 1.54) is 32.1 Å². The Bertz CT molecular complexity index is 400. The molecule has 1 unspecified atom stereocenters. The summed E-state index contributed by atoms with van der Waals surface area (Å²) in [7, 11) is 1.62. The van der Waals surface area contributed by atoms with E-state index in [1.807, 2.05) is 12.1 Å². The van der Waals surface area contributed by atoms with Crippen molar-refractivity contribution in [2.75, 3.05) is 7.11 Å². The minimum Gasteiger partial charge on any atom is -0.497 e. The Hall–Kier alpha value is -0.730. The summed E-state index contributed by atoms with van der Waals surface area (Å²) < 4.78 is 5.12. The summed E-state index contributed by atoms with van der Waals surface area (Å²) in [4.78, 5) is 0. The summed E-state index contributed by atoms with van der Waals surface area (Å²) in [5.74, 6) is 1.52. The normalized spacial score (nSPS) is 18.3. The van der Waals surface area contributed by atoms with Crippen molar-refractivity contribution in [3.8, 4) is 5.75 Å². The summed E-state index contributed by atoms with van der Waals surface area (Å²) in [5.41, 5.74) is 0.818. The molecule has 3 heteroatoms. The Morgan fingerprint density at radius 3 is 2.68 bits per heavy atom. The molecule has 1 fully saturated rings. The van der Waals surface area contributed by atoms with Gasteiger partial charge in [-0.3, -0.25) is 0 Å². The van der Waals surface area contributed by atoms with Crippen LogP contribution in [0.1, 0.15) is 56.6 Å². The molecule has 1 aliphatic carbocycles. The number of ether oxygens (including phenoxy) is 1. The minimum absolute atomic E-state index is 0.458. The van der Waals surface area contributed by atoms with Crippen molar-refractivity contribution in [1.82, 2.24) is 0 Å². The van der Waals surface area contributed by atoms with Crippen LogP contribution in [0.5, 0.6) is 5.75 Å². The highest BCUT2D eigenvalue weighted by atomic mass is 35.5. The molecule has 106 valence electrons. The number of benzene rings is 1. The third-order valence-corrected chi connectivity index (χ3v) is 4.47. The highest BCUT2D eigenvalue weighted by Gasteiger charge is 2.17. The van der Waals surface area contributed by atoms with E-state index in [-0.39, 0.29) is 0 Å². The number of aliphatic hydroxyl groups excluding tert-OH is 1. The monoisotopic (exact) mass is 282 g/mol. The molecule has 1 aliphatic rings. The van der Waals surface area contributed by atoms with Crippen molar-refractivity contribution in [3.05, 3.63) is 28.8 Å². The smallest absolute Gasteiger partial charge is 0.120 e. The average Bonchev–Trinajstić information content (AvgIpc) is 2.45. The first-order valence-corrected chi connectivity index (χ1v) is 7.60. The van der Waals surface area contributed by atoms with Crippen molar-refractivity contribution in [2.24, 2.45) is 5.92 Å². The molecular formula is C16H23ClO2. The predicted octanol–water partition coefficient (Wildman–Crippen LogP) is 4.74. The van der Waals surface area contributed by atoms with Crippen LogP contribution in [0.15, 0.2) is 18.2 Å². The number of hydrogen-bond acceptors (Lipinski definition) is 2. The minimum atomic E-state index is -0.458. The lowest BCUT2D eigenvalue weighted by Crippen LogP contribution is -2.08. The second-order valence-electron chi connectivity index (χ2n) is 5.48. The molecule has 2 nitrogen and oxygen atoms in total. The van der Waals surface area contributed by atoms with Gasteiger partial charge in [0.25, 0.3) is 0 Å². The molecule has 2 rings (SSSR count). The van der Waals surface area contributed by atoms with E-state index < -0.39 is 6.10 Å². The topological polar surface area (TPSA) is 29.5 Å². The Labute approximate surface area is 120 Å². The van der Waals surface area contributed by atoms with Gasteiger partial charge in [0.2, 0.25) is 0 Å². The molecule has 1 aromatic carbocycles. The van der Waals surface area contributed by atoms with Crippen LogP contribution in [0.3, 0.4) is 0 Å². The van der Waals surface area contributed by atoms with Crippen LogP contribution >= 0.6 is 11.6 Å². The Balaban J connectivity index is 1.89. The lowest BCUT2D eigenvalue weighted by molar-refractivity contribution is 0.151. The SMILES string of the molecule is COc1ccc(C(O)CCC2CCCCC2)c(Cl)c1. The van der Waals surface area contributed by atoms with Crippen molar-refractivity contribution in [3.63, 3.8) is 0 Å². The zero-order valence-corrected chi connectivity index (χ0v) is 12.3. The van der Waals surface area contributed by atoms with Crippen molar-refractivity contribution in [1.29, 1.82) is 0 Å². The highest BCUT2D eigenvalue weighted by Crippen LogP contribution is 2.33. The number of halogens is 1. The van der Waals surface area contributed by atoms with Gasteiger partial charge in [0.15, 0.2) is 0 Å². The average molecular weight is 283 g/mol. The molecule has 19 heavy (non-hydrogen) atoms. The standard InChI is InChI=1S/C16H23ClO2/c1-19-13-8-9-14(15(17)11-13)16(18)10-7-12-5-3-2-4-6-12/h8-9,11-12,16,18H,2-7,10H2,1H3. The number of rotatable bonds is 5. The molecule has 0 aliphatic heterocycles. The molecule has 0 heterocycles. The molecule has 0 saturated heterocycles. The summed E-state index contributed by atoms with van der Waals surface area (Å²) in [5, 5.41) is 10.9. The molecule has 0 radical (unpaired) electrons. The van der Waals surface area contributed by atoms with Gasteiger partial charge in [-0.25, -0.2) is 0 Å². The largest absolute Gasteiger partial charge is 0.497 e. The van der Waals surface area contributed by atoms with E-state index in [4.69, 9.17) is 16.3 Å². The fourth-order valence-corrected chi connectivity index (χ4v) is 3.23. The van der Waals surface area contributed by atoms with E-state index in [2.05, 4.69) is 0 Å². The van der Waals surface area contributed by atoms with Crippen LogP contribution in [-0.2, 0) is 0 Å². The van der Waals surface area contributed by atoms with Crippen LogP contribution in [0.2, 0.25) is 5.02 Å². The number of aliphatic hydroxyl groups is 1. The maximum Gasteiger partial charge on any atom is 0.120 e. The van der Waals surface area contributed by atoms with Gasteiger partial charge in [-0.2, -0.15) is 0 Å². The lowest BCUT2D eigenvalue weighted by Gasteiger charge is -2.23. The maximum absolute atomic E-state index is 10.3. The molecule has 0 spiro atoms. The quantitative estimate of drug-likeness (QED) is 0.845. The van der Waals surface area contributed by atoms with Gasteiger partial charge in [0.1, 0.15) is 5.75 Å². The zero-order valence-electron chi connectivity index (χ0n) is 11.6.